The molecule has 0 atom stereocenters. The van der Waals surface area contributed by atoms with Crippen LogP contribution in [0.2, 0.25) is 0 Å². The number of aromatic nitrogens is 2. The fraction of sp³-hybridized carbons (Fsp3) is 0.0417. The summed E-state index contributed by atoms with van der Waals surface area (Å²) in [6.45, 7) is 1.88. The predicted octanol–water partition coefficient (Wildman–Crippen LogP) is 3.23. The van der Waals surface area contributed by atoms with E-state index in [-0.39, 0.29) is 5.56 Å². The molecule has 0 saturated carbocycles. The number of hydrogen-bond donors (Lipinski definition) is 1. The monoisotopic (exact) mass is 398 g/mol. The zero-order valence-corrected chi connectivity index (χ0v) is 16.1. The van der Waals surface area contributed by atoms with Crippen LogP contribution in [0.3, 0.4) is 0 Å². The molecule has 3 aromatic carbocycles. The van der Waals surface area contributed by atoms with E-state index in [1.165, 1.54) is 0 Å². The highest BCUT2D eigenvalue weighted by Gasteiger charge is 2.26. The summed E-state index contributed by atoms with van der Waals surface area (Å²) in [7, 11) is 0. The van der Waals surface area contributed by atoms with Gasteiger partial charge < -0.3 is 5.11 Å². The van der Waals surface area contributed by atoms with Gasteiger partial charge in [0.1, 0.15) is 5.56 Å². The maximum absolute atomic E-state index is 13.2. The molecule has 0 radical (unpaired) electrons. The van der Waals surface area contributed by atoms with Gasteiger partial charge in [0.25, 0.3) is 5.56 Å². The lowest BCUT2D eigenvalue weighted by Gasteiger charge is -2.15. The van der Waals surface area contributed by atoms with Crippen molar-refractivity contribution in [2.75, 3.05) is 0 Å². The smallest absolute Gasteiger partial charge is 0.343 e. The third-order valence-electron chi connectivity index (χ3n) is 4.80. The zero-order chi connectivity index (χ0) is 21.3. The highest BCUT2D eigenvalue weighted by Crippen LogP contribution is 2.21. The molecule has 0 aliphatic rings. The minimum atomic E-state index is -0.874. The van der Waals surface area contributed by atoms with Crippen molar-refractivity contribution in [3.63, 3.8) is 0 Å². The first-order valence-corrected chi connectivity index (χ1v) is 9.32. The predicted molar refractivity (Wildman–Crippen MR) is 114 cm³/mol. The molecule has 0 aliphatic carbocycles. The summed E-state index contributed by atoms with van der Waals surface area (Å²) in [5, 5.41) is 10.9. The number of carbonyl (C=O) groups is 1. The lowest BCUT2D eigenvalue weighted by Crippen LogP contribution is -2.41. The van der Waals surface area contributed by atoms with E-state index in [1.54, 1.807) is 84.9 Å². The quantitative estimate of drug-likeness (QED) is 0.535. The number of aryl methyl sites for hydroxylation is 1. The van der Waals surface area contributed by atoms with Crippen LogP contribution in [0.15, 0.2) is 94.5 Å². The van der Waals surface area contributed by atoms with Crippen molar-refractivity contribution >= 4 is 5.78 Å². The van der Waals surface area contributed by atoms with Crippen molar-refractivity contribution in [2.45, 2.75) is 6.92 Å². The second kappa shape index (κ2) is 7.67. The van der Waals surface area contributed by atoms with Crippen LogP contribution in [-0.4, -0.2) is 20.0 Å². The number of carbonyl (C=O) groups excluding carboxylic acids is 1. The van der Waals surface area contributed by atoms with E-state index in [0.717, 1.165) is 14.7 Å². The van der Waals surface area contributed by atoms with Crippen LogP contribution >= 0.6 is 0 Å². The molecular weight excluding hydrogens is 380 g/mol. The van der Waals surface area contributed by atoms with Crippen molar-refractivity contribution in [1.82, 2.24) is 9.13 Å². The van der Waals surface area contributed by atoms with E-state index in [4.69, 9.17) is 0 Å². The maximum atomic E-state index is 13.2. The molecule has 0 spiro atoms. The van der Waals surface area contributed by atoms with Gasteiger partial charge >= 0.3 is 5.69 Å². The van der Waals surface area contributed by atoms with E-state index in [9.17, 15) is 19.5 Å². The summed E-state index contributed by atoms with van der Waals surface area (Å²) in [5.74, 6) is -1.35. The number of hydrogen-bond acceptors (Lipinski definition) is 4. The highest BCUT2D eigenvalue weighted by molar-refractivity contribution is 6.10. The largest absolute Gasteiger partial charge is 0.493 e. The van der Waals surface area contributed by atoms with Gasteiger partial charge in [-0.05, 0) is 31.2 Å². The Balaban J connectivity index is 2.08. The fourth-order valence-corrected chi connectivity index (χ4v) is 3.26. The molecule has 4 rings (SSSR count). The number of para-hydroxylation sites is 2. The fourth-order valence-electron chi connectivity index (χ4n) is 3.26. The SMILES string of the molecule is Cc1ccc(C(=O)c2c(O)n(-c3ccccc3)c(=O)n(-c3ccccc3)c2=O)cc1. The van der Waals surface area contributed by atoms with Gasteiger partial charge in [0.2, 0.25) is 11.7 Å². The molecule has 4 aromatic rings. The Hall–Kier alpha value is -4.19. The third kappa shape index (κ3) is 3.24. The highest BCUT2D eigenvalue weighted by atomic mass is 16.3. The molecule has 148 valence electrons. The van der Waals surface area contributed by atoms with E-state index in [1.807, 2.05) is 6.92 Å². The standard InChI is InChI=1S/C24H18N2O4/c1-16-12-14-17(15-13-16)21(27)20-22(28)25(18-8-4-2-5-9-18)24(30)26(23(20)29)19-10-6-3-7-11-19/h2-15,28H,1H3. The van der Waals surface area contributed by atoms with Gasteiger partial charge in [0.15, 0.2) is 0 Å². The molecule has 30 heavy (non-hydrogen) atoms. The first-order chi connectivity index (χ1) is 14.5. The number of nitrogens with zero attached hydrogens (tertiary/aromatic N) is 2. The minimum Gasteiger partial charge on any atom is -0.493 e. The summed E-state index contributed by atoms with van der Waals surface area (Å²) in [4.78, 5) is 39.7. The van der Waals surface area contributed by atoms with E-state index in [2.05, 4.69) is 0 Å². The molecule has 1 aromatic heterocycles. The minimum absolute atomic E-state index is 0.242. The lowest BCUT2D eigenvalue weighted by molar-refractivity contribution is 0.103. The number of benzene rings is 3. The maximum Gasteiger partial charge on any atom is 0.343 e. The van der Waals surface area contributed by atoms with Crippen molar-refractivity contribution < 1.29 is 9.90 Å². The van der Waals surface area contributed by atoms with E-state index < -0.39 is 28.5 Å². The van der Waals surface area contributed by atoms with Crippen LogP contribution < -0.4 is 11.2 Å². The van der Waals surface area contributed by atoms with Gasteiger partial charge in [-0.3, -0.25) is 9.59 Å². The summed E-state index contributed by atoms with van der Waals surface area (Å²) in [6.07, 6.45) is 0. The topological polar surface area (TPSA) is 81.3 Å². The lowest BCUT2D eigenvalue weighted by atomic mass is 10.0. The molecule has 6 nitrogen and oxygen atoms in total. The van der Waals surface area contributed by atoms with E-state index in [0.29, 0.717) is 11.4 Å². The normalized spacial score (nSPS) is 10.7. The summed E-state index contributed by atoms with van der Waals surface area (Å²) in [6, 6.07) is 23.3. The summed E-state index contributed by atoms with van der Waals surface area (Å²) >= 11 is 0. The van der Waals surface area contributed by atoms with Gasteiger partial charge in [-0.2, -0.15) is 0 Å². The summed E-state index contributed by atoms with van der Waals surface area (Å²) in [5.41, 5.74) is -0.279. The van der Waals surface area contributed by atoms with Gasteiger partial charge in [-0.15, -0.1) is 0 Å². The Morgan fingerprint density at radius 1 is 0.733 bits per heavy atom. The van der Waals surface area contributed by atoms with Gasteiger partial charge in [-0.25, -0.2) is 13.9 Å². The number of rotatable bonds is 4. The van der Waals surface area contributed by atoms with Crippen LogP contribution in [0.25, 0.3) is 11.4 Å². The first kappa shape index (κ1) is 19.1. The molecule has 6 heteroatoms. The molecule has 0 amide bonds. The van der Waals surface area contributed by atoms with Crippen LogP contribution in [0, 0.1) is 6.92 Å². The number of ketones is 1. The summed E-state index contributed by atoms with van der Waals surface area (Å²) < 4.78 is 1.87. The average molecular weight is 398 g/mol. The van der Waals surface area contributed by atoms with Gasteiger partial charge in [0, 0.05) is 5.56 Å². The average Bonchev–Trinajstić information content (AvgIpc) is 2.75. The molecule has 1 heterocycles. The van der Waals surface area contributed by atoms with Gasteiger partial charge in [0.05, 0.1) is 11.4 Å². The zero-order valence-electron chi connectivity index (χ0n) is 16.1. The van der Waals surface area contributed by atoms with Crippen molar-refractivity contribution in [1.29, 1.82) is 0 Å². The molecule has 1 N–H and O–H groups in total. The van der Waals surface area contributed by atoms with Crippen LogP contribution in [0.5, 0.6) is 5.88 Å². The molecule has 0 aliphatic heterocycles. The Bertz CT molecular complexity index is 1340. The second-order valence-electron chi connectivity index (χ2n) is 6.82. The van der Waals surface area contributed by atoms with Crippen molar-refractivity contribution in [3.05, 3.63) is 122 Å². The van der Waals surface area contributed by atoms with E-state index >= 15 is 0 Å². The van der Waals surface area contributed by atoms with Crippen LogP contribution in [0.4, 0.5) is 0 Å². The molecule has 0 bridgehead atoms. The second-order valence-corrected chi connectivity index (χ2v) is 6.82. The van der Waals surface area contributed by atoms with Crippen molar-refractivity contribution in [2.24, 2.45) is 0 Å². The van der Waals surface area contributed by atoms with Gasteiger partial charge in [-0.1, -0.05) is 66.2 Å². The van der Waals surface area contributed by atoms with Crippen LogP contribution in [0.1, 0.15) is 21.5 Å². The van der Waals surface area contributed by atoms with Crippen LogP contribution in [-0.2, 0) is 0 Å². The Morgan fingerprint density at radius 3 is 1.77 bits per heavy atom. The Kier molecular flexibility index (Phi) is 4.90. The third-order valence-corrected chi connectivity index (χ3v) is 4.80. The Labute approximate surface area is 171 Å². The molecule has 0 fully saturated rings. The van der Waals surface area contributed by atoms with Crippen molar-refractivity contribution in [3.8, 4) is 17.3 Å². The molecule has 0 saturated heterocycles. The molecule has 0 unspecified atom stereocenters. The Morgan fingerprint density at radius 2 is 1.23 bits per heavy atom. The first-order valence-electron chi connectivity index (χ1n) is 9.32. The number of aromatic hydroxyl groups is 1. The molecular formula is C24H18N2O4.